The lowest BCUT2D eigenvalue weighted by Crippen LogP contribution is -2.40. The molecule has 1 fully saturated rings. The fourth-order valence-corrected chi connectivity index (χ4v) is 3.42. The van der Waals surface area contributed by atoms with Crippen molar-refractivity contribution in [3.8, 4) is 0 Å². The van der Waals surface area contributed by atoms with Crippen LogP contribution in [0, 0.1) is 19.8 Å². The summed E-state index contributed by atoms with van der Waals surface area (Å²) in [6.07, 6.45) is 1.19. The summed E-state index contributed by atoms with van der Waals surface area (Å²) >= 11 is 0. The molecule has 24 heavy (non-hydrogen) atoms. The summed E-state index contributed by atoms with van der Waals surface area (Å²) in [7, 11) is 0. The molecule has 4 nitrogen and oxygen atoms in total. The number of rotatable bonds is 3. The van der Waals surface area contributed by atoms with Gasteiger partial charge in [0.15, 0.2) is 0 Å². The molecule has 126 valence electrons. The van der Waals surface area contributed by atoms with E-state index < -0.39 is 6.10 Å². The van der Waals surface area contributed by atoms with Gasteiger partial charge in [-0.25, -0.2) is 0 Å². The highest BCUT2D eigenvalue weighted by Gasteiger charge is 2.29. The van der Waals surface area contributed by atoms with Crippen LogP contribution in [0.15, 0.2) is 42.5 Å². The summed E-state index contributed by atoms with van der Waals surface area (Å²) in [6.45, 7) is 5.17. The van der Waals surface area contributed by atoms with Crippen LogP contribution >= 0.6 is 0 Å². The first-order chi connectivity index (χ1) is 11.6. The Morgan fingerprint density at radius 3 is 2.42 bits per heavy atom. The van der Waals surface area contributed by atoms with Crippen molar-refractivity contribution in [1.29, 1.82) is 0 Å². The van der Waals surface area contributed by atoms with E-state index in [1.807, 2.05) is 61.2 Å². The van der Waals surface area contributed by atoms with Crippen molar-refractivity contribution in [1.82, 2.24) is 9.88 Å². The van der Waals surface area contributed by atoms with Gasteiger partial charge in [-0.2, -0.15) is 0 Å². The number of aromatic nitrogens is 1. The van der Waals surface area contributed by atoms with Crippen molar-refractivity contribution in [3.05, 3.63) is 65.0 Å². The lowest BCUT2D eigenvalue weighted by Gasteiger charge is -2.34. The second-order valence-electron chi connectivity index (χ2n) is 6.57. The Morgan fingerprint density at radius 1 is 1.12 bits per heavy atom. The summed E-state index contributed by atoms with van der Waals surface area (Å²) in [5.74, 6) is 0.251. The number of pyridine rings is 1. The van der Waals surface area contributed by atoms with Gasteiger partial charge in [-0.15, -0.1) is 0 Å². The van der Waals surface area contributed by atoms with Gasteiger partial charge in [0, 0.05) is 18.8 Å². The normalized spacial score (nSPS) is 16.9. The van der Waals surface area contributed by atoms with Crippen molar-refractivity contribution in [2.24, 2.45) is 5.92 Å². The molecule has 2 aromatic rings. The summed E-state index contributed by atoms with van der Waals surface area (Å²) in [5.41, 5.74) is 3.35. The van der Waals surface area contributed by atoms with Gasteiger partial charge in [-0.05, 0) is 50.3 Å². The number of amides is 1. The van der Waals surface area contributed by atoms with Gasteiger partial charge >= 0.3 is 0 Å². The second-order valence-corrected chi connectivity index (χ2v) is 6.57. The van der Waals surface area contributed by atoms with Gasteiger partial charge in [0.05, 0.1) is 17.4 Å². The first-order valence-corrected chi connectivity index (χ1v) is 8.53. The van der Waals surface area contributed by atoms with Crippen LogP contribution in [0.3, 0.4) is 0 Å². The molecule has 0 spiro atoms. The molecule has 1 unspecified atom stereocenters. The molecule has 1 saturated heterocycles. The molecule has 1 amide bonds. The van der Waals surface area contributed by atoms with E-state index in [4.69, 9.17) is 0 Å². The maximum atomic E-state index is 12.7. The van der Waals surface area contributed by atoms with Gasteiger partial charge in [0.1, 0.15) is 0 Å². The van der Waals surface area contributed by atoms with Crippen molar-refractivity contribution in [3.63, 3.8) is 0 Å². The molecule has 0 saturated carbocycles. The van der Waals surface area contributed by atoms with Crippen LogP contribution in [0.5, 0.6) is 0 Å². The number of carbonyl (C=O) groups is 1. The average Bonchev–Trinajstić information content (AvgIpc) is 2.61. The van der Waals surface area contributed by atoms with Gasteiger partial charge < -0.3 is 10.0 Å². The number of carbonyl (C=O) groups excluding carboxylic acids is 1. The summed E-state index contributed by atoms with van der Waals surface area (Å²) in [6, 6.07) is 13.5. The van der Waals surface area contributed by atoms with E-state index in [2.05, 4.69) is 4.98 Å². The van der Waals surface area contributed by atoms with E-state index >= 15 is 0 Å². The highest BCUT2D eigenvalue weighted by atomic mass is 16.3. The van der Waals surface area contributed by atoms with Crippen LogP contribution < -0.4 is 0 Å². The number of aliphatic hydroxyl groups excluding tert-OH is 1. The fraction of sp³-hybridized carbons (Fsp3) is 0.400. The molecule has 1 aromatic carbocycles. The molecule has 4 heteroatoms. The lowest BCUT2D eigenvalue weighted by molar-refractivity contribution is 0.0461. The van der Waals surface area contributed by atoms with Crippen molar-refractivity contribution in [2.75, 3.05) is 13.1 Å². The number of aryl methyl sites for hydroxylation is 2. The molecule has 1 aliphatic heterocycles. The molecule has 0 aliphatic carbocycles. The van der Waals surface area contributed by atoms with E-state index in [0.29, 0.717) is 18.7 Å². The third-order valence-electron chi connectivity index (χ3n) is 4.87. The molecule has 1 aliphatic rings. The molecule has 1 aromatic heterocycles. The minimum atomic E-state index is -0.453. The fourth-order valence-electron chi connectivity index (χ4n) is 3.42. The molecular formula is C20H24N2O2. The first kappa shape index (κ1) is 16.7. The van der Waals surface area contributed by atoms with Gasteiger partial charge in [0.25, 0.3) is 5.91 Å². The van der Waals surface area contributed by atoms with Crippen LogP contribution in [-0.4, -0.2) is 34.0 Å². The lowest BCUT2D eigenvalue weighted by atomic mass is 9.87. The molecular weight excluding hydrogens is 300 g/mol. The van der Waals surface area contributed by atoms with E-state index in [1.54, 1.807) is 0 Å². The zero-order chi connectivity index (χ0) is 17.1. The van der Waals surface area contributed by atoms with Crippen LogP contribution in [0.2, 0.25) is 0 Å². The Labute approximate surface area is 143 Å². The van der Waals surface area contributed by atoms with Gasteiger partial charge in [-0.3, -0.25) is 9.78 Å². The Bertz CT molecular complexity index is 707. The molecule has 2 heterocycles. The number of benzene rings is 1. The molecule has 0 radical (unpaired) electrons. The highest BCUT2D eigenvalue weighted by molar-refractivity contribution is 5.95. The highest BCUT2D eigenvalue weighted by Crippen LogP contribution is 2.31. The Morgan fingerprint density at radius 2 is 1.79 bits per heavy atom. The predicted molar refractivity (Wildman–Crippen MR) is 93.7 cm³/mol. The van der Waals surface area contributed by atoms with Gasteiger partial charge in [-0.1, -0.05) is 30.3 Å². The molecule has 3 rings (SSSR count). The average molecular weight is 324 g/mol. The minimum Gasteiger partial charge on any atom is -0.388 e. The van der Waals surface area contributed by atoms with E-state index in [-0.39, 0.29) is 11.8 Å². The van der Waals surface area contributed by atoms with Gasteiger partial charge in [0.2, 0.25) is 0 Å². The number of piperidine rings is 1. The number of likely N-dealkylation sites (tertiary alicyclic amines) is 1. The van der Waals surface area contributed by atoms with E-state index in [9.17, 15) is 9.90 Å². The maximum Gasteiger partial charge on any atom is 0.255 e. The predicted octanol–water partition coefficient (Wildman–Crippen LogP) is 3.28. The SMILES string of the molecule is Cc1ccc(C(=O)N2CCC(C(O)c3ccccc3)CC2)c(C)n1. The van der Waals surface area contributed by atoms with Crippen molar-refractivity contribution < 1.29 is 9.90 Å². The smallest absolute Gasteiger partial charge is 0.255 e. The molecule has 0 bridgehead atoms. The maximum absolute atomic E-state index is 12.7. The quantitative estimate of drug-likeness (QED) is 0.942. The van der Waals surface area contributed by atoms with E-state index in [0.717, 1.165) is 29.8 Å². The second kappa shape index (κ2) is 7.14. The number of aliphatic hydroxyl groups is 1. The van der Waals surface area contributed by atoms with Crippen LogP contribution in [0.1, 0.15) is 46.3 Å². The van der Waals surface area contributed by atoms with Crippen molar-refractivity contribution >= 4 is 5.91 Å². The zero-order valence-corrected chi connectivity index (χ0v) is 14.3. The third-order valence-corrected chi connectivity index (χ3v) is 4.87. The molecule has 1 atom stereocenters. The largest absolute Gasteiger partial charge is 0.388 e. The number of hydrogen-bond acceptors (Lipinski definition) is 3. The third kappa shape index (κ3) is 3.49. The van der Waals surface area contributed by atoms with Crippen LogP contribution in [0.25, 0.3) is 0 Å². The van der Waals surface area contributed by atoms with Crippen LogP contribution in [-0.2, 0) is 0 Å². The zero-order valence-electron chi connectivity index (χ0n) is 14.3. The Kier molecular flexibility index (Phi) is 4.95. The summed E-state index contributed by atoms with van der Waals surface area (Å²) < 4.78 is 0. The topological polar surface area (TPSA) is 53.4 Å². The summed E-state index contributed by atoms with van der Waals surface area (Å²) in [5, 5.41) is 10.5. The Hall–Kier alpha value is -2.20. The minimum absolute atomic E-state index is 0.0488. The number of hydrogen-bond donors (Lipinski definition) is 1. The van der Waals surface area contributed by atoms with E-state index in [1.165, 1.54) is 0 Å². The molecule has 1 N–H and O–H groups in total. The summed E-state index contributed by atoms with van der Waals surface area (Å²) in [4.78, 5) is 19.0. The first-order valence-electron chi connectivity index (χ1n) is 8.53. The standard InChI is InChI=1S/C20H24N2O2/c1-14-8-9-18(15(2)21-14)20(24)22-12-10-17(11-13-22)19(23)16-6-4-3-5-7-16/h3-9,17,19,23H,10-13H2,1-2H3. The Balaban J connectivity index is 1.63. The monoisotopic (exact) mass is 324 g/mol. The van der Waals surface area contributed by atoms with Crippen molar-refractivity contribution in [2.45, 2.75) is 32.8 Å². The number of nitrogens with zero attached hydrogens (tertiary/aromatic N) is 2. The van der Waals surface area contributed by atoms with Crippen LogP contribution in [0.4, 0.5) is 0 Å².